The number of rotatable bonds is 8. The summed E-state index contributed by atoms with van der Waals surface area (Å²) in [6.07, 6.45) is 0. The first-order chi connectivity index (χ1) is 12.7. The van der Waals surface area contributed by atoms with Gasteiger partial charge in [0, 0.05) is 32.2 Å². The van der Waals surface area contributed by atoms with Crippen LogP contribution in [0.2, 0.25) is 0 Å². The lowest BCUT2D eigenvalue weighted by molar-refractivity contribution is -0.114. The molecule has 0 aliphatic rings. The van der Waals surface area contributed by atoms with Crippen molar-refractivity contribution >= 4 is 21.6 Å². The van der Waals surface area contributed by atoms with Crippen LogP contribution < -0.4 is 5.32 Å². The topological polar surface area (TPSA) is 69.7 Å². The number of likely N-dealkylation sites (N-methyl/N-ethyl adjacent to an activating group) is 1. The lowest BCUT2D eigenvalue weighted by atomic mass is 10.2. The van der Waals surface area contributed by atoms with Gasteiger partial charge in [0.25, 0.3) is 0 Å². The third-order valence-corrected chi connectivity index (χ3v) is 6.11. The Balaban J connectivity index is 2.41. The number of anilines is 1. The highest BCUT2D eigenvalue weighted by molar-refractivity contribution is 7.89. The number of amides is 1. The molecule has 0 aromatic heterocycles. The molecule has 0 saturated heterocycles. The lowest BCUT2D eigenvalue weighted by Gasteiger charge is -2.25. The largest absolute Gasteiger partial charge is 0.326 e. The van der Waals surface area contributed by atoms with Gasteiger partial charge in [-0.25, -0.2) is 8.42 Å². The minimum Gasteiger partial charge on any atom is -0.326 e. The van der Waals surface area contributed by atoms with Crippen molar-refractivity contribution in [3.8, 4) is 0 Å². The van der Waals surface area contributed by atoms with E-state index in [0.29, 0.717) is 30.9 Å². The van der Waals surface area contributed by atoms with Crippen LogP contribution >= 0.6 is 0 Å². The highest BCUT2D eigenvalue weighted by Crippen LogP contribution is 2.25. The fraction of sp³-hybridized carbons (Fsp3) is 0.350. The maximum absolute atomic E-state index is 13.4. The minimum absolute atomic E-state index is 0.212. The van der Waals surface area contributed by atoms with Crippen molar-refractivity contribution in [2.75, 3.05) is 32.5 Å². The summed E-state index contributed by atoms with van der Waals surface area (Å²) < 4.78 is 28.3. The SMILES string of the molecule is CC(=O)Nc1ccc(C)c(S(=O)(=O)N(CCN(C)C)Cc2ccccc2)c1. The summed E-state index contributed by atoms with van der Waals surface area (Å²) >= 11 is 0. The molecule has 0 spiro atoms. The lowest BCUT2D eigenvalue weighted by Crippen LogP contribution is -2.36. The summed E-state index contributed by atoms with van der Waals surface area (Å²) in [7, 11) is 0.0968. The normalized spacial score (nSPS) is 11.8. The van der Waals surface area contributed by atoms with Crippen LogP contribution in [0.1, 0.15) is 18.1 Å². The van der Waals surface area contributed by atoms with Crippen LogP contribution in [-0.4, -0.2) is 50.7 Å². The molecule has 6 nitrogen and oxygen atoms in total. The first-order valence-corrected chi connectivity index (χ1v) is 10.2. The molecule has 0 aliphatic carbocycles. The molecular weight excluding hydrogens is 362 g/mol. The van der Waals surface area contributed by atoms with Gasteiger partial charge in [0.15, 0.2) is 0 Å². The molecule has 0 saturated carbocycles. The predicted molar refractivity (Wildman–Crippen MR) is 108 cm³/mol. The zero-order chi connectivity index (χ0) is 20.0. The summed E-state index contributed by atoms with van der Waals surface area (Å²) in [5, 5.41) is 2.65. The summed E-state index contributed by atoms with van der Waals surface area (Å²) in [4.78, 5) is 13.5. The second-order valence-electron chi connectivity index (χ2n) is 6.79. The van der Waals surface area contributed by atoms with Gasteiger partial charge in [0.1, 0.15) is 0 Å². The molecule has 1 N–H and O–H groups in total. The fourth-order valence-electron chi connectivity index (χ4n) is 2.68. The van der Waals surface area contributed by atoms with Crippen molar-refractivity contribution < 1.29 is 13.2 Å². The van der Waals surface area contributed by atoms with Gasteiger partial charge in [-0.15, -0.1) is 0 Å². The summed E-state index contributed by atoms with van der Waals surface area (Å²) in [5.41, 5.74) is 2.04. The molecule has 2 aromatic rings. The minimum atomic E-state index is -3.73. The smallest absolute Gasteiger partial charge is 0.243 e. The quantitative estimate of drug-likeness (QED) is 0.754. The van der Waals surface area contributed by atoms with Gasteiger partial charge in [0.05, 0.1) is 4.90 Å². The molecule has 0 unspecified atom stereocenters. The molecule has 0 heterocycles. The molecule has 7 heteroatoms. The summed E-state index contributed by atoms with van der Waals surface area (Å²) in [6.45, 7) is 4.43. The van der Waals surface area contributed by atoms with Gasteiger partial charge in [-0.05, 0) is 44.3 Å². The van der Waals surface area contributed by atoms with E-state index in [1.807, 2.05) is 49.3 Å². The van der Waals surface area contributed by atoms with Crippen molar-refractivity contribution in [1.29, 1.82) is 0 Å². The van der Waals surface area contributed by atoms with Gasteiger partial charge in [-0.2, -0.15) is 4.31 Å². The Morgan fingerprint density at radius 3 is 2.30 bits per heavy atom. The first-order valence-electron chi connectivity index (χ1n) is 8.77. The highest BCUT2D eigenvalue weighted by atomic mass is 32.2. The van der Waals surface area contributed by atoms with E-state index in [4.69, 9.17) is 0 Å². The molecule has 0 atom stereocenters. The first kappa shape index (κ1) is 21.1. The average molecular weight is 390 g/mol. The van der Waals surface area contributed by atoms with Crippen LogP contribution in [0, 0.1) is 6.92 Å². The Morgan fingerprint density at radius 1 is 1.04 bits per heavy atom. The molecule has 2 rings (SSSR count). The number of nitrogens with zero attached hydrogens (tertiary/aromatic N) is 2. The molecule has 27 heavy (non-hydrogen) atoms. The van der Waals surface area contributed by atoms with Crippen molar-refractivity contribution in [3.63, 3.8) is 0 Å². The monoisotopic (exact) mass is 389 g/mol. The Labute approximate surface area is 161 Å². The predicted octanol–water partition coefficient (Wildman–Crippen LogP) is 2.71. The van der Waals surface area contributed by atoms with E-state index in [2.05, 4.69) is 5.32 Å². The second kappa shape index (κ2) is 9.12. The van der Waals surface area contributed by atoms with Gasteiger partial charge in [0.2, 0.25) is 15.9 Å². The number of benzene rings is 2. The van der Waals surface area contributed by atoms with Crippen LogP contribution in [0.25, 0.3) is 0 Å². The third-order valence-electron chi connectivity index (χ3n) is 4.12. The second-order valence-corrected chi connectivity index (χ2v) is 8.70. The van der Waals surface area contributed by atoms with E-state index < -0.39 is 10.0 Å². The third kappa shape index (κ3) is 5.89. The Bertz CT molecular complexity index is 881. The zero-order valence-corrected chi connectivity index (χ0v) is 17.1. The van der Waals surface area contributed by atoms with Crippen LogP contribution in [0.4, 0.5) is 5.69 Å². The van der Waals surface area contributed by atoms with Gasteiger partial charge in [-0.1, -0.05) is 36.4 Å². The Morgan fingerprint density at radius 2 is 1.70 bits per heavy atom. The van der Waals surface area contributed by atoms with E-state index in [-0.39, 0.29) is 10.8 Å². The summed E-state index contributed by atoms with van der Waals surface area (Å²) in [6, 6.07) is 14.5. The van der Waals surface area contributed by atoms with Crippen LogP contribution in [0.3, 0.4) is 0 Å². The van der Waals surface area contributed by atoms with E-state index in [1.165, 1.54) is 17.3 Å². The number of hydrogen-bond acceptors (Lipinski definition) is 4. The van der Waals surface area contributed by atoms with E-state index >= 15 is 0 Å². The molecule has 0 fully saturated rings. The average Bonchev–Trinajstić information content (AvgIpc) is 2.60. The molecule has 0 aliphatic heterocycles. The zero-order valence-electron chi connectivity index (χ0n) is 16.3. The van der Waals surface area contributed by atoms with Crippen LogP contribution in [-0.2, 0) is 21.4 Å². The number of aryl methyl sites for hydroxylation is 1. The Kier molecular flexibility index (Phi) is 7.12. The number of hydrogen-bond donors (Lipinski definition) is 1. The highest BCUT2D eigenvalue weighted by Gasteiger charge is 2.26. The molecule has 1 amide bonds. The van der Waals surface area contributed by atoms with Gasteiger partial charge in [-0.3, -0.25) is 4.79 Å². The molecule has 146 valence electrons. The van der Waals surface area contributed by atoms with Crippen molar-refractivity contribution in [2.45, 2.75) is 25.3 Å². The number of sulfonamides is 1. The Hall–Kier alpha value is -2.22. The maximum Gasteiger partial charge on any atom is 0.243 e. The molecule has 2 aromatic carbocycles. The molecular formula is C20H27N3O3S. The standard InChI is InChI=1S/C20H27N3O3S/c1-16-10-11-19(21-17(2)24)14-20(16)27(25,26)23(13-12-22(3)4)15-18-8-6-5-7-9-18/h5-11,14H,12-13,15H2,1-4H3,(H,21,24). The van der Waals surface area contributed by atoms with Crippen molar-refractivity contribution in [3.05, 3.63) is 59.7 Å². The van der Waals surface area contributed by atoms with E-state index in [9.17, 15) is 13.2 Å². The van der Waals surface area contributed by atoms with Gasteiger partial charge >= 0.3 is 0 Å². The van der Waals surface area contributed by atoms with E-state index in [0.717, 1.165) is 5.56 Å². The van der Waals surface area contributed by atoms with Crippen molar-refractivity contribution in [2.24, 2.45) is 0 Å². The molecule has 0 bridgehead atoms. The molecule has 0 radical (unpaired) electrons. The number of carbonyl (C=O) groups excluding carboxylic acids is 1. The number of carbonyl (C=O) groups is 1. The number of nitrogens with one attached hydrogen (secondary N) is 1. The summed E-state index contributed by atoms with van der Waals surface area (Å²) in [5.74, 6) is -0.240. The van der Waals surface area contributed by atoms with Gasteiger partial charge < -0.3 is 10.2 Å². The van der Waals surface area contributed by atoms with E-state index in [1.54, 1.807) is 19.1 Å². The fourth-order valence-corrected chi connectivity index (χ4v) is 4.35. The van der Waals surface area contributed by atoms with Crippen molar-refractivity contribution in [1.82, 2.24) is 9.21 Å². The van der Waals surface area contributed by atoms with Crippen LogP contribution in [0.15, 0.2) is 53.4 Å². The maximum atomic E-state index is 13.4. The van der Waals surface area contributed by atoms with Crippen LogP contribution in [0.5, 0.6) is 0 Å².